The van der Waals surface area contributed by atoms with Gasteiger partial charge in [-0.05, 0) is 37.6 Å². The van der Waals surface area contributed by atoms with Crippen molar-refractivity contribution in [1.82, 2.24) is 5.32 Å². The molecule has 0 radical (unpaired) electrons. The Hall–Kier alpha value is -0.0800. The summed E-state index contributed by atoms with van der Waals surface area (Å²) >= 11 is 0. The Bertz CT molecular complexity index is 132. The van der Waals surface area contributed by atoms with Crippen LogP contribution in [-0.2, 0) is 4.74 Å². The van der Waals surface area contributed by atoms with Crippen LogP contribution in [0.3, 0.4) is 0 Å². The molecule has 14 heavy (non-hydrogen) atoms. The molecule has 0 fully saturated rings. The number of hydrogen-bond donors (Lipinski definition) is 1. The van der Waals surface area contributed by atoms with E-state index in [1.165, 1.54) is 19.3 Å². The van der Waals surface area contributed by atoms with E-state index >= 15 is 0 Å². The van der Waals surface area contributed by atoms with Crippen LogP contribution in [-0.4, -0.2) is 27.3 Å². The van der Waals surface area contributed by atoms with Crippen LogP contribution < -0.4 is 5.32 Å². The highest BCUT2D eigenvalue weighted by Gasteiger charge is 2.31. The van der Waals surface area contributed by atoms with Crippen molar-refractivity contribution < 1.29 is 4.74 Å². The molecule has 0 rings (SSSR count). The van der Waals surface area contributed by atoms with E-state index in [2.05, 4.69) is 26.1 Å². The van der Waals surface area contributed by atoms with Gasteiger partial charge in [-0.15, -0.1) is 0 Å². The van der Waals surface area contributed by atoms with Crippen LogP contribution in [0.2, 0.25) is 0 Å². The smallest absolute Gasteiger partial charge is 0.0465 e. The molecule has 1 N–H and O–H groups in total. The number of methoxy groups -OCH3 is 1. The Morgan fingerprint density at radius 2 is 1.86 bits per heavy atom. The molecule has 0 aliphatic carbocycles. The fourth-order valence-electron chi connectivity index (χ4n) is 2.32. The Balaban J connectivity index is 4.28. The van der Waals surface area contributed by atoms with Gasteiger partial charge in [-0.3, -0.25) is 0 Å². The molecule has 1 unspecified atom stereocenters. The van der Waals surface area contributed by atoms with Gasteiger partial charge in [-0.2, -0.15) is 0 Å². The lowest BCUT2D eigenvalue weighted by molar-refractivity contribution is 0.104. The number of hydrogen-bond acceptors (Lipinski definition) is 2. The average Bonchev–Trinajstić information content (AvgIpc) is 2.22. The SMILES string of the molecule is CCC(CC)(CNC)C(C)CCOC. The minimum absolute atomic E-state index is 0.452. The lowest BCUT2D eigenvalue weighted by Crippen LogP contribution is -2.37. The second-order valence-electron chi connectivity index (χ2n) is 4.28. The molecule has 0 bridgehead atoms. The molecule has 86 valence electrons. The molecule has 0 aromatic rings. The Labute approximate surface area is 89.4 Å². The van der Waals surface area contributed by atoms with E-state index < -0.39 is 0 Å². The summed E-state index contributed by atoms with van der Waals surface area (Å²) in [6.07, 6.45) is 3.66. The maximum Gasteiger partial charge on any atom is 0.0465 e. The Morgan fingerprint density at radius 1 is 1.29 bits per heavy atom. The first kappa shape index (κ1) is 13.9. The molecule has 0 saturated carbocycles. The van der Waals surface area contributed by atoms with Crippen molar-refractivity contribution in [3.63, 3.8) is 0 Å². The normalized spacial score (nSPS) is 14.4. The molecule has 2 heteroatoms. The number of ether oxygens (including phenoxy) is 1. The molecule has 0 aromatic heterocycles. The first-order valence-corrected chi connectivity index (χ1v) is 5.80. The molecule has 0 spiro atoms. The van der Waals surface area contributed by atoms with Crippen molar-refractivity contribution in [3.8, 4) is 0 Å². The van der Waals surface area contributed by atoms with Crippen molar-refractivity contribution in [2.24, 2.45) is 11.3 Å². The third-order valence-electron chi connectivity index (χ3n) is 3.74. The quantitative estimate of drug-likeness (QED) is 0.652. The van der Waals surface area contributed by atoms with Gasteiger partial charge in [0, 0.05) is 20.3 Å². The summed E-state index contributed by atoms with van der Waals surface area (Å²) in [5, 5.41) is 3.33. The van der Waals surface area contributed by atoms with Gasteiger partial charge >= 0.3 is 0 Å². The third-order valence-corrected chi connectivity index (χ3v) is 3.74. The largest absolute Gasteiger partial charge is 0.385 e. The van der Waals surface area contributed by atoms with Crippen LogP contribution >= 0.6 is 0 Å². The van der Waals surface area contributed by atoms with Crippen LogP contribution in [0.1, 0.15) is 40.0 Å². The zero-order valence-corrected chi connectivity index (χ0v) is 10.5. The van der Waals surface area contributed by atoms with Gasteiger partial charge < -0.3 is 10.1 Å². The molecule has 0 heterocycles. The van der Waals surface area contributed by atoms with Gasteiger partial charge in [0.25, 0.3) is 0 Å². The van der Waals surface area contributed by atoms with Crippen LogP contribution in [0.4, 0.5) is 0 Å². The minimum Gasteiger partial charge on any atom is -0.385 e. The predicted octanol–water partition coefficient (Wildman–Crippen LogP) is 2.68. The van der Waals surface area contributed by atoms with E-state index in [0.29, 0.717) is 5.41 Å². The third kappa shape index (κ3) is 3.58. The molecule has 0 aliphatic heterocycles. The van der Waals surface area contributed by atoms with E-state index in [1.807, 2.05) is 7.05 Å². The first-order valence-electron chi connectivity index (χ1n) is 5.80. The van der Waals surface area contributed by atoms with Crippen molar-refractivity contribution in [3.05, 3.63) is 0 Å². The molecule has 0 amide bonds. The second kappa shape index (κ2) is 7.24. The van der Waals surface area contributed by atoms with E-state index in [9.17, 15) is 0 Å². The van der Waals surface area contributed by atoms with Gasteiger partial charge in [0.15, 0.2) is 0 Å². The van der Waals surface area contributed by atoms with E-state index in [-0.39, 0.29) is 0 Å². The first-order chi connectivity index (χ1) is 6.66. The number of rotatable bonds is 8. The molecule has 1 atom stereocenters. The lowest BCUT2D eigenvalue weighted by Gasteiger charge is -2.38. The monoisotopic (exact) mass is 201 g/mol. The molecule has 0 aliphatic rings. The highest BCUT2D eigenvalue weighted by Crippen LogP contribution is 2.36. The fraction of sp³-hybridized carbons (Fsp3) is 1.00. The summed E-state index contributed by atoms with van der Waals surface area (Å²) in [6, 6.07) is 0. The average molecular weight is 201 g/mol. The zero-order chi connectivity index (χ0) is 11.0. The summed E-state index contributed by atoms with van der Waals surface area (Å²) in [5.41, 5.74) is 0.452. The van der Waals surface area contributed by atoms with Gasteiger partial charge in [0.05, 0.1) is 0 Å². The Morgan fingerprint density at radius 3 is 2.21 bits per heavy atom. The number of nitrogens with one attached hydrogen (secondary N) is 1. The highest BCUT2D eigenvalue weighted by molar-refractivity contribution is 4.83. The summed E-state index contributed by atoms with van der Waals surface area (Å²) in [5.74, 6) is 0.727. The van der Waals surface area contributed by atoms with E-state index in [0.717, 1.165) is 19.1 Å². The summed E-state index contributed by atoms with van der Waals surface area (Å²) < 4.78 is 5.15. The van der Waals surface area contributed by atoms with Crippen LogP contribution in [0.25, 0.3) is 0 Å². The van der Waals surface area contributed by atoms with Crippen LogP contribution in [0.5, 0.6) is 0 Å². The Kier molecular flexibility index (Phi) is 7.20. The molecule has 0 saturated heterocycles. The van der Waals surface area contributed by atoms with E-state index in [4.69, 9.17) is 4.74 Å². The lowest BCUT2D eigenvalue weighted by atomic mass is 9.71. The maximum absolute atomic E-state index is 5.15. The predicted molar refractivity (Wildman–Crippen MR) is 62.6 cm³/mol. The topological polar surface area (TPSA) is 21.3 Å². The van der Waals surface area contributed by atoms with Crippen molar-refractivity contribution in [1.29, 1.82) is 0 Å². The van der Waals surface area contributed by atoms with Gasteiger partial charge in [0.2, 0.25) is 0 Å². The van der Waals surface area contributed by atoms with Crippen molar-refractivity contribution >= 4 is 0 Å². The van der Waals surface area contributed by atoms with Crippen molar-refractivity contribution in [2.75, 3.05) is 27.3 Å². The summed E-state index contributed by atoms with van der Waals surface area (Å²) in [4.78, 5) is 0. The molecule has 2 nitrogen and oxygen atoms in total. The summed E-state index contributed by atoms with van der Waals surface area (Å²) in [7, 11) is 3.83. The van der Waals surface area contributed by atoms with Gasteiger partial charge in [-0.1, -0.05) is 20.8 Å². The standard InChI is InChI=1S/C12H27NO/c1-6-12(7-2,10-13-4)11(3)8-9-14-5/h11,13H,6-10H2,1-5H3. The van der Waals surface area contributed by atoms with Crippen molar-refractivity contribution in [2.45, 2.75) is 40.0 Å². The van der Waals surface area contributed by atoms with Gasteiger partial charge in [0.1, 0.15) is 0 Å². The molecule has 0 aromatic carbocycles. The maximum atomic E-state index is 5.15. The zero-order valence-electron chi connectivity index (χ0n) is 10.5. The molecular weight excluding hydrogens is 174 g/mol. The van der Waals surface area contributed by atoms with E-state index in [1.54, 1.807) is 7.11 Å². The highest BCUT2D eigenvalue weighted by atomic mass is 16.5. The van der Waals surface area contributed by atoms with Crippen LogP contribution in [0.15, 0.2) is 0 Å². The minimum atomic E-state index is 0.452. The second-order valence-corrected chi connectivity index (χ2v) is 4.28. The fourth-order valence-corrected chi connectivity index (χ4v) is 2.32. The summed E-state index contributed by atoms with van der Waals surface area (Å²) in [6.45, 7) is 8.94. The molecular formula is C12H27NO. The van der Waals surface area contributed by atoms with Crippen LogP contribution in [0, 0.1) is 11.3 Å². The van der Waals surface area contributed by atoms with Gasteiger partial charge in [-0.25, -0.2) is 0 Å².